The summed E-state index contributed by atoms with van der Waals surface area (Å²) in [7, 11) is 0. The molecule has 2 unspecified atom stereocenters. The predicted octanol–water partition coefficient (Wildman–Crippen LogP) is 4.80. The number of rotatable bonds is 5. The second-order valence-electron chi connectivity index (χ2n) is 8.37. The normalized spacial score (nSPS) is 19.7. The molecule has 1 saturated heterocycles. The van der Waals surface area contributed by atoms with E-state index in [0.717, 1.165) is 12.0 Å². The Kier molecular flexibility index (Phi) is 7.09. The molecule has 0 N–H and O–H groups in total. The highest BCUT2D eigenvalue weighted by atomic mass is 16.8. The number of ether oxygens (including phenoxy) is 2. The number of benzene rings is 2. The van der Waals surface area contributed by atoms with Crippen LogP contribution in [0.2, 0.25) is 0 Å². The van der Waals surface area contributed by atoms with Gasteiger partial charge in [0, 0.05) is 12.5 Å². The number of piperidine rings is 1. The fourth-order valence-corrected chi connectivity index (χ4v) is 3.55. The molecule has 0 aliphatic carbocycles. The van der Waals surface area contributed by atoms with Gasteiger partial charge in [-0.25, -0.2) is 4.79 Å². The maximum atomic E-state index is 12.1. The molecular weight excluding hydrogens is 380 g/mol. The van der Waals surface area contributed by atoms with Gasteiger partial charge in [-0.3, -0.25) is 0 Å². The Balaban J connectivity index is 1.71. The molecule has 0 saturated carbocycles. The van der Waals surface area contributed by atoms with Gasteiger partial charge in [0.2, 0.25) is 0 Å². The number of nitrogens with zero attached hydrogens (tertiary/aromatic N) is 2. The Hall–Kier alpha value is -2.88. The maximum Gasteiger partial charge on any atom is 0.528 e. The molecule has 1 heterocycles. The monoisotopic (exact) mass is 408 g/mol. The van der Waals surface area contributed by atoms with E-state index in [2.05, 4.69) is 18.2 Å². The molecule has 2 aromatic carbocycles. The van der Waals surface area contributed by atoms with Gasteiger partial charge in [0.05, 0.1) is 30.9 Å². The van der Waals surface area contributed by atoms with Crippen LogP contribution in [-0.4, -0.2) is 36.0 Å². The van der Waals surface area contributed by atoms with Crippen LogP contribution in [0.1, 0.15) is 49.8 Å². The van der Waals surface area contributed by atoms with Gasteiger partial charge in [-0.15, -0.1) is 5.06 Å². The molecule has 0 bridgehead atoms. The number of carbonyl (C=O) groups excluding carboxylic acids is 1. The van der Waals surface area contributed by atoms with Crippen LogP contribution in [0.15, 0.2) is 54.6 Å². The minimum Gasteiger partial charge on any atom is -0.427 e. The first-order chi connectivity index (χ1) is 14.4. The van der Waals surface area contributed by atoms with Crippen molar-refractivity contribution in [1.29, 1.82) is 5.26 Å². The largest absolute Gasteiger partial charge is 0.528 e. The molecule has 0 spiro atoms. The van der Waals surface area contributed by atoms with Crippen molar-refractivity contribution in [1.82, 2.24) is 5.06 Å². The summed E-state index contributed by atoms with van der Waals surface area (Å²) >= 11 is 0. The van der Waals surface area contributed by atoms with Gasteiger partial charge in [0.15, 0.2) is 0 Å². The number of hydrogen-bond acceptors (Lipinski definition) is 6. The lowest BCUT2D eigenvalue weighted by molar-refractivity contribution is -0.179. The SMILES string of the molecule is CC(C)(C)OC(=O)ON1CCC(c2ccccc2)C(OCc2ccccc2C#N)C1. The van der Waals surface area contributed by atoms with E-state index in [1.807, 2.05) is 36.4 Å². The van der Waals surface area contributed by atoms with Crippen LogP contribution in [0.5, 0.6) is 0 Å². The van der Waals surface area contributed by atoms with Gasteiger partial charge in [0.25, 0.3) is 0 Å². The van der Waals surface area contributed by atoms with Crippen molar-refractivity contribution in [3.05, 3.63) is 71.3 Å². The lowest BCUT2D eigenvalue weighted by Crippen LogP contribution is -2.45. The van der Waals surface area contributed by atoms with Crippen molar-refractivity contribution >= 4 is 6.16 Å². The molecule has 1 fully saturated rings. The Morgan fingerprint density at radius 2 is 1.83 bits per heavy atom. The Bertz CT molecular complexity index is 886. The Morgan fingerprint density at radius 3 is 2.53 bits per heavy atom. The third-order valence-corrected chi connectivity index (χ3v) is 4.93. The maximum absolute atomic E-state index is 12.1. The molecule has 3 rings (SSSR count). The molecule has 6 heteroatoms. The summed E-state index contributed by atoms with van der Waals surface area (Å²) < 4.78 is 11.5. The highest BCUT2D eigenvalue weighted by Crippen LogP contribution is 2.31. The Labute approximate surface area is 177 Å². The van der Waals surface area contributed by atoms with E-state index in [1.165, 1.54) is 5.56 Å². The molecule has 30 heavy (non-hydrogen) atoms. The zero-order chi connectivity index (χ0) is 21.6. The van der Waals surface area contributed by atoms with E-state index in [4.69, 9.17) is 14.3 Å². The summed E-state index contributed by atoms with van der Waals surface area (Å²) in [5.41, 5.74) is 2.02. The van der Waals surface area contributed by atoms with Crippen molar-refractivity contribution in [2.75, 3.05) is 13.1 Å². The van der Waals surface area contributed by atoms with Crippen LogP contribution in [0.3, 0.4) is 0 Å². The molecule has 0 aromatic heterocycles. The molecule has 2 aromatic rings. The predicted molar refractivity (Wildman–Crippen MR) is 112 cm³/mol. The van der Waals surface area contributed by atoms with Gasteiger partial charge in [-0.2, -0.15) is 5.26 Å². The number of hydrogen-bond donors (Lipinski definition) is 0. The quantitative estimate of drug-likeness (QED) is 0.662. The first-order valence-electron chi connectivity index (χ1n) is 10.2. The van der Waals surface area contributed by atoms with Gasteiger partial charge in [-0.05, 0) is 44.4 Å². The molecule has 1 aliphatic heterocycles. The van der Waals surface area contributed by atoms with Crippen LogP contribution in [0.4, 0.5) is 4.79 Å². The first-order valence-corrected chi connectivity index (χ1v) is 10.2. The first kappa shape index (κ1) is 21.8. The van der Waals surface area contributed by atoms with Gasteiger partial charge in [0.1, 0.15) is 5.60 Å². The average molecular weight is 408 g/mol. The molecular formula is C24H28N2O4. The van der Waals surface area contributed by atoms with Crippen molar-refractivity contribution in [2.24, 2.45) is 0 Å². The molecule has 0 radical (unpaired) electrons. The van der Waals surface area contributed by atoms with E-state index in [1.54, 1.807) is 31.9 Å². The Morgan fingerprint density at radius 1 is 1.13 bits per heavy atom. The summed E-state index contributed by atoms with van der Waals surface area (Å²) in [6.45, 7) is 6.73. The van der Waals surface area contributed by atoms with E-state index in [9.17, 15) is 10.1 Å². The average Bonchev–Trinajstić information content (AvgIpc) is 2.72. The summed E-state index contributed by atoms with van der Waals surface area (Å²) in [5.74, 6) is 0.166. The second kappa shape index (κ2) is 9.75. The highest BCUT2D eigenvalue weighted by molar-refractivity contribution is 5.60. The molecule has 158 valence electrons. The zero-order valence-corrected chi connectivity index (χ0v) is 17.7. The minimum absolute atomic E-state index is 0.166. The summed E-state index contributed by atoms with van der Waals surface area (Å²) in [4.78, 5) is 17.5. The smallest absolute Gasteiger partial charge is 0.427 e. The van der Waals surface area contributed by atoms with E-state index >= 15 is 0 Å². The van der Waals surface area contributed by atoms with Crippen molar-refractivity contribution in [2.45, 2.75) is 51.4 Å². The second-order valence-corrected chi connectivity index (χ2v) is 8.37. The van der Waals surface area contributed by atoms with Gasteiger partial charge < -0.3 is 14.3 Å². The lowest BCUT2D eigenvalue weighted by atomic mass is 9.87. The number of carbonyl (C=O) groups is 1. The molecule has 0 amide bonds. The van der Waals surface area contributed by atoms with Gasteiger partial charge in [-0.1, -0.05) is 48.5 Å². The van der Waals surface area contributed by atoms with E-state index in [-0.39, 0.29) is 12.0 Å². The third kappa shape index (κ3) is 6.06. The number of nitriles is 1. The lowest BCUT2D eigenvalue weighted by Gasteiger charge is -2.37. The van der Waals surface area contributed by atoms with E-state index < -0.39 is 11.8 Å². The van der Waals surface area contributed by atoms with Crippen LogP contribution in [-0.2, 0) is 20.9 Å². The standard InChI is InChI=1S/C24H28N2O4/c1-24(2,3)29-23(27)30-26-14-13-21(18-9-5-4-6-10-18)22(16-26)28-17-20-12-8-7-11-19(20)15-25/h4-12,21-22H,13-14,16-17H2,1-3H3. The van der Waals surface area contributed by atoms with Crippen LogP contribution in [0, 0.1) is 11.3 Å². The fraction of sp³-hybridized carbons (Fsp3) is 0.417. The van der Waals surface area contributed by atoms with Crippen molar-refractivity contribution < 1.29 is 19.1 Å². The topological polar surface area (TPSA) is 71.8 Å². The molecule has 1 aliphatic rings. The van der Waals surface area contributed by atoms with E-state index in [0.29, 0.717) is 25.3 Å². The van der Waals surface area contributed by atoms with Gasteiger partial charge >= 0.3 is 6.16 Å². The van der Waals surface area contributed by atoms with Crippen LogP contribution in [0.25, 0.3) is 0 Å². The van der Waals surface area contributed by atoms with Crippen molar-refractivity contribution in [3.63, 3.8) is 0 Å². The summed E-state index contributed by atoms with van der Waals surface area (Å²) in [5, 5.41) is 10.9. The van der Waals surface area contributed by atoms with Crippen LogP contribution < -0.4 is 0 Å². The third-order valence-electron chi connectivity index (χ3n) is 4.93. The van der Waals surface area contributed by atoms with Crippen LogP contribution >= 0.6 is 0 Å². The molecule has 6 nitrogen and oxygen atoms in total. The minimum atomic E-state index is -0.714. The summed E-state index contributed by atoms with van der Waals surface area (Å²) in [6.07, 6.45) is -0.137. The fourth-order valence-electron chi connectivity index (χ4n) is 3.55. The molecule has 2 atom stereocenters. The van der Waals surface area contributed by atoms with Crippen molar-refractivity contribution in [3.8, 4) is 6.07 Å². The highest BCUT2D eigenvalue weighted by Gasteiger charge is 2.34. The zero-order valence-electron chi connectivity index (χ0n) is 17.7. The number of hydroxylamine groups is 2. The summed E-state index contributed by atoms with van der Waals surface area (Å²) in [6, 6.07) is 19.8.